The van der Waals surface area contributed by atoms with E-state index in [9.17, 15) is 25.0 Å². The van der Waals surface area contributed by atoms with Gasteiger partial charge in [0.25, 0.3) is 17.3 Å². The number of hydrogen-bond donors (Lipinski definition) is 1. The van der Waals surface area contributed by atoms with E-state index in [-0.39, 0.29) is 5.56 Å². The van der Waals surface area contributed by atoms with Crippen LogP contribution in [0.5, 0.6) is 0 Å². The van der Waals surface area contributed by atoms with Crippen LogP contribution < -0.4 is 5.32 Å². The number of nitro benzene ring substituents is 2. The Bertz CT molecular complexity index is 882. The average Bonchev–Trinajstić information content (AvgIpc) is 2.68. The molecule has 2 aromatic rings. The van der Waals surface area contributed by atoms with Gasteiger partial charge in [-0.1, -0.05) is 12.1 Å². The van der Waals surface area contributed by atoms with Crippen LogP contribution in [0.4, 0.5) is 17.1 Å². The number of nitrogens with one attached hydrogen (secondary N) is 1. The van der Waals surface area contributed by atoms with Crippen LogP contribution in [0, 0.1) is 20.2 Å². The average molecular weight is 402 g/mol. The van der Waals surface area contributed by atoms with Crippen molar-refractivity contribution in [1.29, 1.82) is 0 Å². The molecule has 0 unspecified atom stereocenters. The Hall–Kier alpha value is -2.98. The van der Waals surface area contributed by atoms with Gasteiger partial charge >= 0.3 is 0 Å². The van der Waals surface area contributed by atoms with E-state index >= 15 is 0 Å². The zero-order valence-electron chi connectivity index (χ0n) is 14.9. The molecule has 2 aromatic carbocycles. The SMILES string of the molecule is O=C(Nc1cccc(CN2CCSCC2)c1)c1cc([N+](=O)[O-])cc([N+](=O)[O-])c1. The fraction of sp³-hybridized carbons (Fsp3) is 0.278. The molecule has 1 fully saturated rings. The Labute approximate surface area is 165 Å². The number of rotatable bonds is 6. The van der Waals surface area contributed by atoms with Gasteiger partial charge in [-0.2, -0.15) is 11.8 Å². The summed E-state index contributed by atoms with van der Waals surface area (Å²) < 4.78 is 0. The molecular formula is C18H18N4O5S. The van der Waals surface area contributed by atoms with Gasteiger partial charge in [0, 0.05) is 49.0 Å². The highest BCUT2D eigenvalue weighted by Gasteiger charge is 2.20. The number of thioether (sulfide) groups is 1. The fourth-order valence-electron chi connectivity index (χ4n) is 2.91. The van der Waals surface area contributed by atoms with E-state index in [4.69, 9.17) is 0 Å². The summed E-state index contributed by atoms with van der Waals surface area (Å²) in [7, 11) is 0. The Kier molecular flexibility index (Phi) is 6.22. The first-order valence-corrected chi connectivity index (χ1v) is 9.72. The molecule has 9 nitrogen and oxygen atoms in total. The third-order valence-corrected chi connectivity index (χ3v) is 5.22. The van der Waals surface area contributed by atoms with Gasteiger partial charge in [-0.15, -0.1) is 0 Å². The smallest absolute Gasteiger partial charge is 0.277 e. The summed E-state index contributed by atoms with van der Waals surface area (Å²) in [5, 5.41) is 24.6. The molecule has 0 saturated carbocycles. The summed E-state index contributed by atoms with van der Waals surface area (Å²) in [6.07, 6.45) is 0. The van der Waals surface area contributed by atoms with Gasteiger partial charge in [0.1, 0.15) is 0 Å². The van der Waals surface area contributed by atoms with Gasteiger partial charge in [-0.25, -0.2) is 0 Å². The second-order valence-electron chi connectivity index (χ2n) is 6.30. The number of anilines is 1. The van der Waals surface area contributed by atoms with Crippen LogP contribution in [0.2, 0.25) is 0 Å². The normalized spacial score (nSPS) is 14.4. The van der Waals surface area contributed by atoms with Crippen LogP contribution in [-0.4, -0.2) is 45.2 Å². The second kappa shape index (κ2) is 8.81. The number of nitro groups is 2. The third kappa shape index (κ3) is 5.05. The Morgan fingerprint density at radius 3 is 2.29 bits per heavy atom. The largest absolute Gasteiger partial charge is 0.322 e. The molecular weight excluding hydrogens is 384 g/mol. The Balaban J connectivity index is 1.76. The molecule has 0 atom stereocenters. The molecule has 1 aliphatic rings. The van der Waals surface area contributed by atoms with Gasteiger partial charge in [-0.3, -0.25) is 29.9 Å². The van der Waals surface area contributed by atoms with E-state index in [1.807, 2.05) is 30.0 Å². The maximum atomic E-state index is 12.5. The number of nitrogens with zero attached hydrogens (tertiary/aromatic N) is 3. The summed E-state index contributed by atoms with van der Waals surface area (Å²) in [6.45, 7) is 2.80. The van der Waals surface area contributed by atoms with Crippen LogP contribution in [-0.2, 0) is 6.54 Å². The quantitative estimate of drug-likeness (QED) is 0.581. The van der Waals surface area contributed by atoms with E-state index in [1.54, 1.807) is 6.07 Å². The Morgan fingerprint density at radius 2 is 1.68 bits per heavy atom. The van der Waals surface area contributed by atoms with Crippen LogP contribution >= 0.6 is 11.8 Å². The lowest BCUT2D eigenvalue weighted by atomic mass is 10.1. The minimum Gasteiger partial charge on any atom is -0.322 e. The lowest BCUT2D eigenvalue weighted by Crippen LogP contribution is -2.31. The molecule has 1 N–H and O–H groups in total. The second-order valence-corrected chi connectivity index (χ2v) is 7.52. The summed E-state index contributed by atoms with van der Waals surface area (Å²) in [5.74, 6) is 1.56. The number of carbonyl (C=O) groups is 1. The van der Waals surface area contributed by atoms with E-state index < -0.39 is 27.1 Å². The molecule has 1 aliphatic heterocycles. The van der Waals surface area contributed by atoms with Crippen LogP contribution in [0.1, 0.15) is 15.9 Å². The molecule has 1 amide bonds. The number of benzene rings is 2. The molecule has 28 heavy (non-hydrogen) atoms. The summed E-state index contributed by atoms with van der Waals surface area (Å²) in [6, 6.07) is 10.2. The summed E-state index contributed by atoms with van der Waals surface area (Å²) in [4.78, 5) is 35.3. The van der Waals surface area contributed by atoms with Gasteiger partial charge in [-0.05, 0) is 17.7 Å². The summed E-state index contributed by atoms with van der Waals surface area (Å²) in [5.41, 5.74) is 0.421. The first-order valence-electron chi connectivity index (χ1n) is 8.56. The van der Waals surface area contributed by atoms with E-state index in [2.05, 4.69) is 10.2 Å². The van der Waals surface area contributed by atoms with Crippen molar-refractivity contribution in [2.75, 3.05) is 29.9 Å². The Morgan fingerprint density at radius 1 is 1.04 bits per heavy atom. The van der Waals surface area contributed by atoms with Crippen LogP contribution in [0.25, 0.3) is 0 Å². The monoisotopic (exact) mass is 402 g/mol. The zero-order valence-corrected chi connectivity index (χ0v) is 15.7. The van der Waals surface area contributed by atoms with Crippen LogP contribution in [0.3, 0.4) is 0 Å². The third-order valence-electron chi connectivity index (χ3n) is 4.28. The van der Waals surface area contributed by atoms with Gasteiger partial charge in [0.2, 0.25) is 0 Å². The van der Waals surface area contributed by atoms with Crippen molar-refractivity contribution in [3.05, 3.63) is 73.8 Å². The van der Waals surface area contributed by atoms with Crippen molar-refractivity contribution in [2.24, 2.45) is 0 Å². The van der Waals surface area contributed by atoms with Crippen LogP contribution in [0.15, 0.2) is 42.5 Å². The van der Waals surface area contributed by atoms with E-state index in [0.717, 1.165) is 54.9 Å². The molecule has 1 heterocycles. The lowest BCUT2D eigenvalue weighted by Gasteiger charge is -2.26. The summed E-state index contributed by atoms with van der Waals surface area (Å²) >= 11 is 1.93. The minimum absolute atomic E-state index is 0.139. The van der Waals surface area contributed by atoms with Crippen molar-refractivity contribution in [2.45, 2.75) is 6.54 Å². The van der Waals surface area contributed by atoms with Gasteiger partial charge in [0.05, 0.1) is 21.5 Å². The van der Waals surface area contributed by atoms with Crippen molar-refractivity contribution >= 4 is 34.7 Å². The van der Waals surface area contributed by atoms with Crippen molar-refractivity contribution in [3.8, 4) is 0 Å². The minimum atomic E-state index is -0.763. The van der Waals surface area contributed by atoms with Crippen molar-refractivity contribution < 1.29 is 14.6 Å². The molecule has 0 aromatic heterocycles. The predicted molar refractivity (Wildman–Crippen MR) is 107 cm³/mol. The molecule has 10 heteroatoms. The number of amides is 1. The van der Waals surface area contributed by atoms with Gasteiger partial charge < -0.3 is 5.32 Å². The maximum Gasteiger partial charge on any atom is 0.277 e. The van der Waals surface area contributed by atoms with Crippen molar-refractivity contribution in [3.63, 3.8) is 0 Å². The first kappa shape index (κ1) is 19.8. The molecule has 1 saturated heterocycles. The topological polar surface area (TPSA) is 119 Å². The molecule has 3 rings (SSSR count). The maximum absolute atomic E-state index is 12.5. The van der Waals surface area contributed by atoms with E-state index in [1.165, 1.54) is 0 Å². The molecule has 0 spiro atoms. The molecule has 0 bridgehead atoms. The van der Waals surface area contributed by atoms with Gasteiger partial charge in [0.15, 0.2) is 0 Å². The molecule has 0 radical (unpaired) electrons. The predicted octanol–water partition coefficient (Wildman–Crippen LogP) is 3.30. The molecule has 0 aliphatic carbocycles. The lowest BCUT2D eigenvalue weighted by molar-refractivity contribution is -0.394. The first-order chi connectivity index (χ1) is 13.4. The highest BCUT2D eigenvalue weighted by molar-refractivity contribution is 7.99. The number of non-ortho nitro benzene ring substituents is 2. The van der Waals surface area contributed by atoms with Crippen molar-refractivity contribution in [1.82, 2.24) is 4.90 Å². The highest BCUT2D eigenvalue weighted by atomic mass is 32.2. The molecule has 146 valence electrons. The number of carbonyl (C=O) groups excluding carboxylic acids is 1. The van der Waals surface area contributed by atoms with E-state index in [0.29, 0.717) is 5.69 Å². The highest BCUT2D eigenvalue weighted by Crippen LogP contribution is 2.24. The number of hydrogen-bond acceptors (Lipinski definition) is 7. The standard InChI is InChI=1S/C18H18N4O5S/c23-18(14-9-16(21(24)25)11-17(10-14)22(26)27)19-15-3-1-2-13(8-15)12-20-4-6-28-7-5-20/h1-3,8-11H,4-7,12H2,(H,19,23). The fourth-order valence-corrected chi connectivity index (χ4v) is 3.88. The zero-order chi connectivity index (χ0) is 20.1.